The van der Waals surface area contributed by atoms with E-state index in [1.165, 1.54) is 0 Å². The molecule has 1 amide bonds. The Kier molecular flexibility index (Phi) is 4.56. The number of nitrogens with zero attached hydrogens (tertiary/aromatic N) is 1. The van der Waals surface area contributed by atoms with Crippen LogP contribution in [0.15, 0.2) is 18.2 Å². The minimum atomic E-state index is -0.559. The molecule has 0 radical (unpaired) electrons. The van der Waals surface area contributed by atoms with Crippen LogP contribution < -0.4 is 5.73 Å². The minimum Gasteiger partial charge on any atom is -0.399 e. The van der Waals surface area contributed by atoms with Gasteiger partial charge in [0.1, 0.15) is 0 Å². The molecule has 1 unspecified atom stereocenters. The Morgan fingerprint density at radius 2 is 2.04 bits per heavy atom. The molecule has 1 aliphatic heterocycles. The molecule has 5 heteroatoms. The average Bonchev–Trinajstić information content (AvgIpc) is 2.83. The van der Waals surface area contributed by atoms with Crippen LogP contribution in [-0.2, 0) is 11.2 Å². The summed E-state index contributed by atoms with van der Waals surface area (Å²) in [5.74, 6) is 0.253. The molecule has 2 fully saturated rings. The highest BCUT2D eigenvalue weighted by Crippen LogP contribution is 2.35. The number of aliphatic hydroxyl groups is 1. The highest BCUT2D eigenvalue weighted by Gasteiger charge is 2.39. The molecular formula is C18H25ClN2O2. The van der Waals surface area contributed by atoms with Crippen molar-refractivity contribution in [3.05, 3.63) is 28.8 Å². The molecule has 1 aliphatic carbocycles. The molecule has 1 saturated heterocycles. The molecule has 3 N–H and O–H groups in total. The van der Waals surface area contributed by atoms with E-state index in [1.54, 1.807) is 6.07 Å². The minimum absolute atomic E-state index is 0.0126. The Morgan fingerprint density at radius 1 is 1.35 bits per heavy atom. The van der Waals surface area contributed by atoms with Gasteiger partial charge in [0.2, 0.25) is 5.91 Å². The van der Waals surface area contributed by atoms with E-state index in [2.05, 4.69) is 0 Å². The monoisotopic (exact) mass is 336 g/mol. The van der Waals surface area contributed by atoms with Crippen LogP contribution in [0.2, 0.25) is 5.02 Å². The number of carbonyl (C=O) groups excluding carboxylic acids is 1. The topological polar surface area (TPSA) is 66.6 Å². The molecule has 0 bridgehead atoms. The van der Waals surface area contributed by atoms with Crippen LogP contribution in [0.1, 0.15) is 44.6 Å². The highest BCUT2D eigenvalue weighted by atomic mass is 35.5. The van der Waals surface area contributed by atoms with E-state index in [9.17, 15) is 9.90 Å². The fourth-order valence-corrected chi connectivity index (χ4v) is 4.11. The Balaban J connectivity index is 1.63. The fraction of sp³-hybridized carbons (Fsp3) is 0.611. The van der Waals surface area contributed by atoms with Crippen molar-refractivity contribution in [1.29, 1.82) is 0 Å². The number of benzene rings is 1. The Morgan fingerprint density at radius 3 is 2.70 bits per heavy atom. The third-order valence-electron chi connectivity index (χ3n) is 5.37. The molecule has 4 nitrogen and oxygen atoms in total. The third-order valence-corrected chi connectivity index (χ3v) is 5.72. The van der Waals surface area contributed by atoms with E-state index >= 15 is 0 Å². The number of amides is 1. The smallest absolute Gasteiger partial charge is 0.226 e. The predicted octanol–water partition coefficient (Wildman–Crippen LogP) is 3.01. The van der Waals surface area contributed by atoms with E-state index in [1.807, 2.05) is 24.0 Å². The number of hydrogen-bond donors (Lipinski definition) is 2. The average molecular weight is 337 g/mol. The number of nitrogens with two attached hydrogens (primary N) is 1. The van der Waals surface area contributed by atoms with Crippen molar-refractivity contribution < 1.29 is 9.90 Å². The first-order valence-corrected chi connectivity index (χ1v) is 8.80. The zero-order valence-electron chi connectivity index (χ0n) is 13.6. The summed E-state index contributed by atoms with van der Waals surface area (Å²) in [5, 5.41) is 10.7. The zero-order chi connectivity index (χ0) is 16.6. The predicted molar refractivity (Wildman–Crippen MR) is 92.3 cm³/mol. The molecule has 1 saturated carbocycles. The standard InChI is InChI=1S/C18H25ClN2O2/c1-18(23)7-4-15(5-8-18)21-9-6-13(17(21)22)10-12-2-3-14(20)11-16(12)19/h2-3,11,13,15,23H,4-10,20H2,1H3. The van der Waals surface area contributed by atoms with E-state index in [4.69, 9.17) is 17.3 Å². The molecule has 0 spiro atoms. The molecule has 0 aromatic heterocycles. The van der Waals surface area contributed by atoms with Gasteiger partial charge in [0.15, 0.2) is 0 Å². The van der Waals surface area contributed by atoms with E-state index < -0.39 is 5.60 Å². The van der Waals surface area contributed by atoms with Crippen molar-refractivity contribution in [3.63, 3.8) is 0 Å². The van der Waals surface area contributed by atoms with E-state index in [0.717, 1.165) is 44.2 Å². The molecular weight excluding hydrogens is 312 g/mol. The van der Waals surface area contributed by atoms with Gasteiger partial charge in [-0.3, -0.25) is 4.79 Å². The van der Waals surface area contributed by atoms with Crippen LogP contribution >= 0.6 is 11.6 Å². The highest BCUT2D eigenvalue weighted by molar-refractivity contribution is 6.31. The Labute approximate surface area is 142 Å². The SMILES string of the molecule is CC1(O)CCC(N2CCC(Cc3ccc(N)cc3Cl)C2=O)CC1. The first-order chi connectivity index (χ1) is 10.9. The van der Waals surface area contributed by atoms with Crippen LogP contribution in [0.25, 0.3) is 0 Å². The van der Waals surface area contributed by atoms with E-state index in [-0.39, 0.29) is 17.9 Å². The second-order valence-electron chi connectivity index (χ2n) is 7.30. The van der Waals surface area contributed by atoms with Crippen LogP contribution in [0.4, 0.5) is 5.69 Å². The van der Waals surface area contributed by atoms with Crippen LogP contribution in [0.3, 0.4) is 0 Å². The second kappa shape index (κ2) is 6.33. The number of hydrogen-bond acceptors (Lipinski definition) is 3. The van der Waals surface area contributed by atoms with Crippen molar-refractivity contribution in [2.45, 2.75) is 57.1 Å². The summed E-state index contributed by atoms with van der Waals surface area (Å²) in [4.78, 5) is 14.8. The summed E-state index contributed by atoms with van der Waals surface area (Å²) < 4.78 is 0. The van der Waals surface area contributed by atoms with Gasteiger partial charge in [0, 0.05) is 29.2 Å². The van der Waals surface area contributed by atoms with Gasteiger partial charge in [-0.2, -0.15) is 0 Å². The van der Waals surface area contributed by atoms with Gasteiger partial charge in [-0.25, -0.2) is 0 Å². The number of anilines is 1. The van der Waals surface area contributed by atoms with Crippen LogP contribution in [-0.4, -0.2) is 34.1 Å². The largest absolute Gasteiger partial charge is 0.399 e. The summed E-state index contributed by atoms with van der Waals surface area (Å²) in [7, 11) is 0. The fourth-order valence-electron chi connectivity index (χ4n) is 3.85. The van der Waals surface area contributed by atoms with Gasteiger partial charge in [-0.1, -0.05) is 17.7 Å². The maximum atomic E-state index is 12.7. The zero-order valence-corrected chi connectivity index (χ0v) is 14.4. The van der Waals surface area contributed by atoms with Gasteiger partial charge >= 0.3 is 0 Å². The van der Waals surface area contributed by atoms with Crippen LogP contribution in [0, 0.1) is 5.92 Å². The second-order valence-corrected chi connectivity index (χ2v) is 7.71. The molecule has 1 aromatic rings. The van der Waals surface area contributed by atoms with Crippen molar-refractivity contribution >= 4 is 23.2 Å². The van der Waals surface area contributed by atoms with Gasteiger partial charge in [0.25, 0.3) is 0 Å². The molecule has 2 aliphatic rings. The first-order valence-electron chi connectivity index (χ1n) is 8.42. The molecule has 126 valence electrons. The van der Waals surface area contributed by atoms with Gasteiger partial charge in [-0.15, -0.1) is 0 Å². The van der Waals surface area contributed by atoms with Crippen molar-refractivity contribution in [2.75, 3.05) is 12.3 Å². The summed E-state index contributed by atoms with van der Waals surface area (Å²) in [6, 6.07) is 5.79. The molecule has 1 heterocycles. The van der Waals surface area contributed by atoms with Crippen molar-refractivity contribution in [2.24, 2.45) is 5.92 Å². The number of likely N-dealkylation sites (tertiary alicyclic amines) is 1. The maximum Gasteiger partial charge on any atom is 0.226 e. The lowest BCUT2D eigenvalue weighted by Crippen LogP contribution is -2.43. The summed E-state index contributed by atoms with van der Waals surface area (Å²) in [6.45, 7) is 2.71. The maximum absolute atomic E-state index is 12.7. The third kappa shape index (κ3) is 3.64. The number of rotatable bonds is 3. The summed E-state index contributed by atoms with van der Waals surface area (Å²) in [5.41, 5.74) is 6.80. The molecule has 1 atom stereocenters. The lowest BCUT2D eigenvalue weighted by atomic mass is 9.83. The lowest BCUT2D eigenvalue weighted by Gasteiger charge is -2.37. The Bertz CT molecular complexity index is 593. The van der Waals surface area contributed by atoms with Gasteiger partial charge in [0.05, 0.1) is 5.60 Å². The number of nitrogen functional groups attached to an aromatic ring is 1. The van der Waals surface area contributed by atoms with Gasteiger partial charge in [-0.05, 0) is 63.1 Å². The van der Waals surface area contributed by atoms with Crippen molar-refractivity contribution in [1.82, 2.24) is 4.90 Å². The molecule has 3 rings (SSSR count). The summed E-state index contributed by atoms with van der Waals surface area (Å²) >= 11 is 6.24. The first kappa shape index (κ1) is 16.6. The summed E-state index contributed by atoms with van der Waals surface area (Å²) in [6.07, 6.45) is 4.90. The Hall–Kier alpha value is -1.26. The van der Waals surface area contributed by atoms with E-state index in [0.29, 0.717) is 17.1 Å². The van der Waals surface area contributed by atoms with Crippen molar-refractivity contribution in [3.8, 4) is 0 Å². The normalized spacial score (nSPS) is 31.6. The number of carbonyl (C=O) groups is 1. The quantitative estimate of drug-likeness (QED) is 0.834. The molecule has 23 heavy (non-hydrogen) atoms. The number of halogens is 1. The van der Waals surface area contributed by atoms with Crippen LogP contribution in [0.5, 0.6) is 0 Å². The lowest BCUT2D eigenvalue weighted by molar-refractivity contribution is -0.134. The van der Waals surface area contributed by atoms with Gasteiger partial charge < -0.3 is 15.7 Å². The molecule has 1 aromatic carbocycles.